The highest BCUT2D eigenvalue weighted by Crippen LogP contribution is 2.26. The Bertz CT molecular complexity index is 455. The first-order chi connectivity index (χ1) is 10.2. The number of likely N-dealkylation sites (tertiary alicyclic amines) is 1. The smallest absolute Gasteiger partial charge is 0.233 e. The SMILES string of the molecule is COCCNc1nnc(SCC(=O)N2CCCCC2C)s1. The van der Waals surface area contributed by atoms with E-state index in [-0.39, 0.29) is 5.91 Å². The third kappa shape index (κ3) is 5.12. The van der Waals surface area contributed by atoms with Crippen molar-refractivity contribution >= 4 is 34.1 Å². The molecule has 1 N–H and O–H groups in total. The van der Waals surface area contributed by atoms with Crippen molar-refractivity contribution in [2.75, 3.05) is 37.9 Å². The molecule has 21 heavy (non-hydrogen) atoms. The molecule has 1 aromatic rings. The fourth-order valence-electron chi connectivity index (χ4n) is 2.27. The highest BCUT2D eigenvalue weighted by atomic mass is 32.2. The van der Waals surface area contributed by atoms with E-state index < -0.39 is 0 Å². The summed E-state index contributed by atoms with van der Waals surface area (Å²) in [6.07, 6.45) is 3.46. The number of ether oxygens (including phenoxy) is 1. The highest BCUT2D eigenvalue weighted by Gasteiger charge is 2.23. The molecule has 1 unspecified atom stereocenters. The molecule has 0 aromatic carbocycles. The molecule has 0 bridgehead atoms. The lowest BCUT2D eigenvalue weighted by Crippen LogP contribution is -2.42. The summed E-state index contributed by atoms with van der Waals surface area (Å²) >= 11 is 2.94. The van der Waals surface area contributed by atoms with E-state index in [0.29, 0.717) is 24.9 Å². The standard InChI is InChI=1S/C13H22N4O2S2/c1-10-5-3-4-7-17(10)11(18)9-20-13-16-15-12(21-13)14-6-8-19-2/h10H,3-9H2,1-2H3,(H,14,15). The number of rotatable bonds is 7. The van der Waals surface area contributed by atoms with Gasteiger partial charge in [0.15, 0.2) is 4.34 Å². The Morgan fingerprint density at radius 1 is 1.52 bits per heavy atom. The average Bonchev–Trinajstić information content (AvgIpc) is 2.93. The number of aromatic nitrogens is 2. The lowest BCUT2D eigenvalue weighted by atomic mass is 10.0. The highest BCUT2D eigenvalue weighted by molar-refractivity contribution is 8.01. The van der Waals surface area contributed by atoms with Gasteiger partial charge in [-0.2, -0.15) is 0 Å². The minimum Gasteiger partial charge on any atom is -0.383 e. The number of thioether (sulfide) groups is 1. The van der Waals surface area contributed by atoms with Crippen molar-refractivity contribution < 1.29 is 9.53 Å². The molecule has 118 valence electrons. The van der Waals surface area contributed by atoms with E-state index in [1.165, 1.54) is 29.5 Å². The van der Waals surface area contributed by atoms with Gasteiger partial charge in [-0.05, 0) is 26.2 Å². The molecule has 0 saturated carbocycles. The van der Waals surface area contributed by atoms with E-state index in [1.54, 1.807) is 7.11 Å². The Balaban J connectivity index is 1.75. The maximum Gasteiger partial charge on any atom is 0.233 e. The Hall–Kier alpha value is -0.860. The summed E-state index contributed by atoms with van der Waals surface area (Å²) in [5.74, 6) is 0.646. The topological polar surface area (TPSA) is 67.3 Å². The number of carbonyl (C=O) groups excluding carboxylic acids is 1. The van der Waals surface area contributed by atoms with Crippen molar-refractivity contribution in [3.63, 3.8) is 0 Å². The lowest BCUT2D eigenvalue weighted by Gasteiger charge is -2.33. The summed E-state index contributed by atoms with van der Waals surface area (Å²) in [6, 6.07) is 0.368. The van der Waals surface area contributed by atoms with Gasteiger partial charge in [-0.1, -0.05) is 23.1 Å². The molecule has 0 radical (unpaired) electrons. The van der Waals surface area contributed by atoms with Crippen molar-refractivity contribution in [2.24, 2.45) is 0 Å². The van der Waals surface area contributed by atoms with Crippen LogP contribution in [-0.4, -0.2) is 59.6 Å². The second-order valence-corrected chi connectivity index (χ2v) is 7.21. The Morgan fingerprint density at radius 2 is 2.38 bits per heavy atom. The molecule has 1 fully saturated rings. The molecular formula is C13H22N4O2S2. The fraction of sp³-hybridized carbons (Fsp3) is 0.769. The van der Waals surface area contributed by atoms with Crippen molar-refractivity contribution in [1.29, 1.82) is 0 Å². The third-order valence-corrected chi connectivity index (χ3v) is 5.43. The number of carbonyl (C=O) groups is 1. The second-order valence-electron chi connectivity index (χ2n) is 5.01. The van der Waals surface area contributed by atoms with Crippen LogP contribution >= 0.6 is 23.1 Å². The maximum atomic E-state index is 12.2. The molecule has 1 saturated heterocycles. The van der Waals surface area contributed by atoms with Crippen LogP contribution < -0.4 is 5.32 Å². The van der Waals surface area contributed by atoms with Crippen LogP contribution in [0.2, 0.25) is 0 Å². The molecule has 2 heterocycles. The second kappa shape index (κ2) is 8.55. The van der Waals surface area contributed by atoms with Gasteiger partial charge in [0.2, 0.25) is 11.0 Å². The van der Waals surface area contributed by atoms with Gasteiger partial charge >= 0.3 is 0 Å². The molecule has 8 heteroatoms. The van der Waals surface area contributed by atoms with Crippen molar-refractivity contribution in [3.8, 4) is 0 Å². The van der Waals surface area contributed by atoms with Crippen LogP contribution in [0.4, 0.5) is 5.13 Å². The van der Waals surface area contributed by atoms with Gasteiger partial charge in [0.05, 0.1) is 12.4 Å². The van der Waals surface area contributed by atoms with Crippen LogP contribution in [0.3, 0.4) is 0 Å². The summed E-state index contributed by atoms with van der Waals surface area (Å²) in [7, 11) is 1.66. The summed E-state index contributed by atoms with van der Waals surface area (Å²) in [5.41, 5.74) is 0. The zero-order valence-corrected chi connectivity index (χ0v) is 14.1. The molecule has 1 aromatic heterocycles. The van der Waals surface area contributed by atoms with Crippen LogP contribution in [0.1, 0.15) is 26.2 Å². The Labute approximate surface area is 133 Å². The summed E-state index contributed by atoms with van der Waals surface area (Å²) < 4.78 is 5.79. The molecule has 6 nitrogen and oxygen atoms in total. The summed E-state index contributed by atoms with van der Waals surface area (Å²) in [4.78, 5) is 14.2. The van der Waals surface area contributed by atoms with Gasteiger partial charge in [0.1, 0.15) is 0 Å². The molecule has 0 spiro atoms. The number of nitrogens with zero attached hydrogens (tertiary/aromatic N) is 3. The monoisotopic (exact) mass is 330 g/mol. The fourth-order valence-corrected chi connectivity index (χ4v) is 3.94. The van der Waals surface area contributed by atoms with Crippen LogP contribution in [0.25, 0.3) is 0 Å². The number of anilines is 1. The number of piperidine rings is 1. The van der Waals surface area contributed by atoms with Crippen molar-refractivity contribution in [1.82, 2.24) is 15.1 Å². The van der Waals surface area contributed by atoms with Crippen molar-refractivity contribution in [3.05, 3.63) is 0 Å². The van der Waals surface area contributed by atoms with Crippen LogP contribution in [0.5, 0.6) is 0 Å². The summed E-state index contributed by atoms with van der Waals surface area (Å²) in [6.45, 7) is 4.36. The molecular weight excluding hydrogens is 308 g/mol. The molecule has 1 amide bonds. The van der Waals surface area contributed by atoms with E-state index in [9.17, 15) is 4.79 Å². The zero-order valence-electron chi connectivity index (χ0n) is 12.5. The molecule has 2 rings (SSSR count). The number of methoxy groups -OCH3 is 1. The van der Waals surface area contributed by atoms with Gasteiger partial charge in [0.25, 0.3) is 0 Å². The zero-order chi connectivity index (χ0) is 15.1. The van der Waals surface area contributed by atoms with E-state index in [4.69, 9.17) is 4.74 Å². The number of amides is 1. The predicted octanol–water partition coefficient (Wildman–Crippen LogP) is 2.09. The van der Waals surface area contributed by atoms with Crippen molar-refractivity contribution in [2.45, 2.75) is 36.6 Å². The average molecular weight is 330 g/mol. The molecule has 1 atom stereocenters. The Morgan fingerprint density at radius 3 is 3.14 bits per heavy atom. The number of nitrogens with one attached hydrogen (secondary N) is 1. The first kappa shape index (κ1) is 16.5. The summed E-state index contributed by atoms with van der Waals surface area (Å²) in [5, 5.41) is 12.0. The number of hydrogen-bond acceptors (Lipinski definition) is 7. The quantitative estimate of drug-likeness (QED) is 0.610. The molecule has 0 aliphatic carbocycles. The Kier molecular flexibility index (Phi) is 6.72. The van der Waals surface area contributed by atoms with Gasteiger partial charge in [-0.25, -0.2) is 0 Å². The van der Waals surface area contributed by atoms with E-state index in [0.717, 1.165) is 28.9 Å². The maximum absolute atomic E-state index is 12.2. The van der Waals surface area contributed by atoms with Gasteiger partial charge in [-0.3, -0.25) is 4.79 Å². The molecule has 1 aliphatic rings. The van der Waals surface area contributed by atoms with E-state index >= 15 is 0 Å². The third-order valence-electron chi connectivity index (χ3n) is 3.43. The van der Waals surface area contributed by atoms with Crippen LogP contribution in [0.15, 0.2) is 4.34 Å². The van der Waals surface area contributed by atoms with Gasteiger partial charge in [-0.15, -0.1) is 10.2 Å². The van der Waals surface area contributed by atoms with Crippen LogP contribution in [0, 0.1) is 0 Å². The van der Waals surface area contributed by atoms with E-state index in [1.807, 2.05) is 4.90 Å². The normalized spacial score (nSPS) is 18.8. The minimum absolute atomic E-state index is 0.205. The first-order valence-electron chi connectivity index (χ1n) is 7.19. The number of hydrogen-bond donors (Lipinski definition) is 1. The van der Waals surface area contributed by atoms with Gasteiger partial charge in [0, 0.05) is 26.2 Å². The first-order valence-corrected chi connectivity index (χ1v) is 8.99. The lowest BCUT2D eigenvalue weighted by molar-refractivity contribution is -0.131. The van der Waals surface area contributed by atoms with Crippen LogP contribution in [-0.2, 0) is 9.53 Å². The molecule has 1 aliphatic heterocycles. The largest absolute Gasteiger partial charge is 0.383 e. The minimum atomic E-state index is 0.205. The predicted molar refractivity (Wildman–Crippen MR) is 86.0 cm³/mol. The van der Waals surface area contributed by atoms with Gasteiger partial charge < -0.3 is 15.0 Å². The van der Waals surface area contributed by atoms with E-state index in [2.05, 4.69) is 22.4 Å².